The molecule has 3 rings (SSSR count). The van der Waals surface area contributed by atoms with E-state index in [-0.39, 0.29) is 6.54 Å². The molecule has 6 heteroatoms. The maximum atomic E-state index is 13.1. The van der Waals surface area contributed by atoms with Crippen LogP contribution in [0.1, 0.15) is 11.4 Å². The Balaban J connectivity index is 2.16. The summed E-state index contributed by atoms with van der Waals surface area (Å²) < 4.78 is 40.4. The second-order valence-corrected chi connectivity index (χ2v) is 4.37. The average Bonchev–Trinajstić information content (AvgIpc) is 2.79. The molecule has 0 aliphatic carbocycles. The molecule has 0 unspecified atom stereocenters. The molecule has 0 fully saturated rings. The highest BCUT2D eigenvalue weighted by atomic mass is 19.4. The van der Waals surface area contributed by atoms with E-state index in [4.69, 9.17) is 0 Å². The van der Waals surface area contributed by atoms with Crippen LogP contribution in [0.15, 0.2) is 48.8 Å². The molecular formula is C14H10F3N3. The van der Waals surface area contributed by atoms with Crippen molar-refractivity contribution in [3.05, 3.63) is 60.2 Å². The fourth-order valence-electron chi connectivity index (χ4n) is 2.13. The van der Waals surface area contributed by atoms with Crippen LogP contribution in [0.5, 0.6) is 0 Å². The minimum absolute atomic E-state index is 0.0865. The Morgan fingerprint density at radius 2 is 1.85 bits per heavy atom. The number of nitrogens with zero attached hydrogens (tertiary/aromatic N) is 3. The van der Waals surface area contributed by atoms with Gasteiger partial charge in [-0.25, -0.2) is 4.98 Å². The second-order valence-electron chi connectivity index (χ2n) is 4.37. The normalized spacial score (nSPS) is 11.9. The first kappa shape index (κ1) is 12.7. The van der Waals surface area contributed by atoms with E-state index in [1.165, 1.54) is 4.57 Å². The minimum Gasteiger partial charge on any atom is -0.316 e. The summed E-state index contributed by atoms with van der Waals surface area (Å²) in [5, 5.41) is 0. The molecule has 0 aliphatic rings. The lowest BCUT2D eigenvalue weighted by Crippen LogP contribution is -2.15. The SMILES string of the molecule is FC(F)(F)c1nc2ccccc2n1Cc1cccnc1. The molecule has 2 heterocycles. The van der Waals surface area contributed by atoms with E-state index in [1.54, 1.807) is 48.8 Å². The standard InChI is InChI=1S/C14H10F3N3/c15-14(16,17)13-19-11-5-1-2-6-12(11)20(13)9-10-4-3-7-18-8-10/h1-8H,9H2. The van der Waals surface area contributed by atoms with Gasteiger partial charge in [0.15, 0.2) is 0 Å². The van der Waals surface area contributed by atoms with Crippen molar-refractivity contribution in [2.75, 3.05) is 0 Å². The number of imidazole rings is 1. The van der Waals surface area contributed by atoms with Crippen molar-refractivity contribution in [3.63, 3.8) is 0 Å². The first-order chi connectivity index (χ1) is 9.55. The van der Waals surface area contributed by atoms with E-state index in [0.717, 1.165) is 0 Å². The highest BCUT2D eigenvalue weighted by Gasteiger charge is 2.37. The molecule has 0 radical (unpaired) electrons. The number of benzene rings is 1. The fourth-order valence-corrected chi connectivity index (χ4v) is 2.13. The Hall–Kier alpha value is -2.37. The highest BCUT2D eigenvalue weighted by Crippen LogP contribution is 2.31. The Labute approximate surface area is 112 Å². The lowest BCUT2D eigenvalue weighted by molar-refractivity contribution is -0.146. The number of alkyl halides is 3. The van der Waals surface area contributed by atoms with E-state index >= 15 is 0 Å². The van der Waals surface area contributed by atoms with E-state index in [9.17, 15) is 13.2 Å². The molecule has 0 atom stereocenters. The van der Waals surface area contributed by atoms with E-state index in [2.05, 4.69) is 9.97 Å². The van der Waals surface area contributed by atoms with E-state index in [1.807, 2.05) is 0 Å². The number of para-hydroxylation sites is 2. The van der Waals surface area contributed by atoms with Crippen LogP contribution >= 0.6 is 0 Å². The summed E-state index contributed by atoms with van der Waals surface area (Å²) in [7, 11) is 0. The number of rotatable bonds is 2. The number of hydrogen-bond donors (Lipinski definition) is 0. The molecule has 0 saturated heterocycles. The smallest absolute Gasteiger partial charge is 0.316 e. The van der Waals surface area contributed by atoms with E-state index < -0.39 is 12.0 Å². The molecule has 102 valence electrons. The average molecular weight is 277 g/mol. The van der Waals surface area contributed by atoms with Gasteiger partial charge in [0.05, 0.1) is 17.6 Å². The van der Waals surface area contributed by atoms with Crippen molar-refractivity contribution in [1.82, 2.24) is 14.5 Å². The predicted molar refractivity (Wildman–Crippen MR) is 68.1 cm³/mol. The largest absolute Gasteiger partial charge is 0.449 e. The summed E-state index contributed by atoms with van der Waals surface area (Å²) in [4.78, 5) is 7.62. The topological polar surface area (TPSA) is 30.7 Å². The summed E-state index contributed by atoms with van der Waals surface area (Å²) >= 11 is 0. The molecular weight excluding hydrogens is 267 g/mol. The lowest BCUT2D eigenvalue weighted by Gasteiger charge is -2.11. The molecule has 0 aliphatic heterocycles. The van der Waals surface area contributed by atoms with Crippen molar-refractivity contribution in [3.8, 4) is 0 Å². The third kappa shape index (κ3) is 2.24. The Bertz CT molecular complexity index is 732. The van der Waals surface area contributed by atoms with Crippen LogP contribution in [0, 0.1) is 0 Å². The Morgan fingerprint density at radius 1 is 1.05 bits per heavy atom. The molecule has 3 nitrogen and oxygen atoms in total. The van der Waals surface area contributed by atoms with Crippen molar-refractivity contribution >= 4 is 11.0 Å². The quantitative estimate of drug-likeness (QED) is 0.717. The van der Waals surface area contributed by atoms with Crippen LogP contribution in [0.3, 0.4) is 0 Å². The first-order valence-corrected chi connectivity index (χ1v) is 5.97. The Morgan fingerprint density at radius 3 is 2.55 bits per heavy atom. The second kappa shape index (κ2) is 4.63. The number of pyridine rings is 1. The Kier molecular flexibility index (Phi) is 2.93. The molecule has 2 aromatic heterocycles. The van der Waals surface area contributed by atoms with Gasteiger partial charge in [0, 0.05) is 12.4 Å². The number of halogens is 3. The third-order valence-corrected chi connectivity index (χ3v) is 2.97. The lowest BCUT2D eigenvalue weighted by atomic mass is 10.2. The molecule has 0 amide bonds. The van der Waals surface area contributed by atoms with Gasteiger partial charge in [0.2, 0.25) is 5.82 Å². The predicted octanol–water partition coefficient (Wildman–Crippen LogP) is 3.50. The van der Waals surface area contributed by atoms with Crippen LogP contribution in [-0.4, -0.2) is 14.5 Å². The number of hydrogen-bond acceptors (Lipinski definition) is 2. The summed E-state index contributed by atoms with van der Waals surface area (Å²) in [6.45, 7) is 0.0865. The molecule has 0 bridgehead atoms. The zero-order valence-electron chi connectivity index (χ0n) is 10.3. The van der Waals surface area contributed by atoms with Gasteiger partial charge in [0.25, 0.3) is 0 Å². The molecule has 0 spiro atoms. The molecule has 20 heavy (non-hydrogen) atoms. The van der Waals surface area contributed by atoms with Gasteiger partial charge in [-0.15, -0.1) is 0 Å². The fraction of sp³-hybridized carbons (Fsp3) is 0.143. The molecule has 3 aromatic rings. The number of aromatic nitrogens is 3. The van der Waals surface area contributed by atoms with Crippen molar-refractivity contribution in [1.29, 1.82) is 0 Å². The van der Waals surface area contributed by atoms with Crippen LogP contribution in [-0.2, 0) is 12.7 Å². The maximum absolute atomic E-state index is 13.1. The monoisotopic (exact) mass is 277 g/mol. The van der Waals surface area contributed by atoms with Crippen molar-refractivity contribution in [2.24, 2.45) is 0 Å². The van der Waals surface area contributed by atoms with Crippen LogP contribution in [0.2, 0.25) is 0 Å². The number of fused-ring (bicyclic) bond motifs is 1. The van der Waals surface area contributed by atoms with Gasteiger partial charge in [-0.2, -0.15) is 13.2 Å². The van der Waals surface area contributed by atoms with Gasteiger partial charge in [-0.3, -0.25) is 4.98 Å². The molecule has 1 aromatic carbocycles. The zero-order chi connectivity index (χ0) is 14.2. The summed E-state index contributed by atoms with van der Waals surface area (Å²) in [6, 6.07) is 10.0. The molecule has 0 saturated carbocycles. The minimum atomic E-state index is -4.48. The first-order valence-electron chi connectivity index (χ1n) is 5.97. The maximum Gasteiger partial charge on any atom is 0.449 e. The van der Waals surface area contributed by atoms with Gasteiger partial charge in [-0.05, 0) is 23.8 Å². The van der Waals surface area contributed by atoms with Gasteiger partial charge >= 0.3 is 6.18 Å². The summed E-state index contributed by atoms with van der Waals surface area (Å²) in [6.07, 6.45) is -1.35. The molecule has 0 N–H and O–H groups in total. The van der Waals surface area contributed by atoms with Gasteiger partial charge in [-0.1, -0.05) is 18.2 Å². The van der Waals surface area contributed by atoms with Crippen molar-refractivity contribution in [2.45, 2.75) is 12.7 Å². The van der Waals surface area contributed by atoms with Crippen LogP contribution in [0.25, 0.3) is 11.0 Å². The van der Waals surface area contributed by atoms with Crippen molar-refractivity contribution < 1.29 is 13.2 Å². The summed E-state index contributed by atoms with van der Waals surface area (Å²) in [5.41, 5.74) is 1.49. The van der Waals surface area contributed by atoms with Gasteiger partial charge < -0.3 is 4.57 Å². The van der Waals surface area contributed by atoms with Gasteiger partial charge in [0.1, 0.15) is 0 Å². The third-order valence-electron chi connectivity index (χ3n) is 2.97. The van der Waals surface area contributed by atoms with Crippen LogP contribution in [0.4, 0.5) is 13.2 Å². The highest BCUT2D eigenvalue weighted by molar-refractivity contribution is 5.76. The zero-order valence-corrected chi connectivity index (χ0v) is 10.3. The van der Waals surface area contributed by atoms with Crippen LogP contribution < -0.4 is 0 Å². The van der Waals surface area contributed by atoms with E-state index in [0.29, 0.717) is 16.6 Å². The summed E-state index contributed by atoms with van der Waals surface area (Å²) in [5.74, 6) is -0.887.